The highest BCUT2D eigenvalue weighted by atomic mass is 32.1. The van der Waals surface area contributed by atoms with E-state index in [9.17, 15) is 5.26 Å². The highest BCUT2D eigenvalue weighted by Gasteiger charge is 2.33. The van der Waals surface area contributed by atoms with Gasteiger partial charge in [0.1, 0.15) is 11.1 Å². The van der Waals surface area contributed by atoms with Crippen LogP contribution in [0.4, 0.5) is 5.13 Å². The summed E-state index contributed by atoms with van der Waals surface area (Å²) < 4.78 is 7.47. The van der Waals surface area contributed by atoms with Gasteiger partial charge in [0.2, 0.25) is 5.13 Å². The summed E-state index contributed by atoms with van der Waals surface area (Å²) >= 11 is 1.68. The van der Waals surface area contributed by atoms with Crippen molar-refractivity contribution < 1.29 is 4.74 Å². The second-order valence-electron chi connectivity index (χ2n) is 10.7. The van der Waals surface area contributed by atoms with E-state index >= 15 is 0 Å². The quantitative estimate of drug-likeness (QED) is 0.519. The molecular weight excluding hydrogens is 498 g/mol. The summed E-state index contributed by atoms with van der Waals surface area (Å²) in [6.07, 6.45) is 10.1. The molecule has 3 fully saturated rings. The van der Waals surface area contributed by atoms with Crippen LogP contribution in [0.1, 0.15) is 54.8 Å². The van der Waals surface area contributed by atoms with E-state index in [0.29, 0.717) is 23.7 Å². The second kappa shape index (κ2) is 10.2. The van der Waals surface area contributed by atoms with E-state index in [2.05, 4.69) is 36.9 Å². The molecule has 10 nitrogen and oxygen atoms in total. The summed E-state index contributed by atoms with van der Waals surface area (Å²) in [7, 11) is 0. The van der Waals surface area contributed by atoms with E-state index in [1.54, 1.807) is 17.5 Å². The number of fused-ring (bicyclic) bond motifs is 3. The Kier molecular flexibility index (Phi) is 6.41. The Bertz CT molecular complexity index is 1420. The van der Waals surface area contributed by atoms with Crippen LogP contribution < -0.4 is 15.5 Å². The largest absolute Gasteiger partial charge is 0.381 e. The molecule has 0 aliphatic carbocycles. The van der Waals surface area contributed by atoms with Gasteiger partial charge in [-0.15, -0.1) is 10.2 Å². The number of aromatic nitrogens is 4. The van der Waals surface area contributed by atoms with Gasteiger partial charge in [-0.25, -0.2) is 4.52 Å². The van der Waals surface area contributed by atoms with Crippen LogP contribution >= 0.6 is 11.3 Å². The van der Waals surface area contributed by atoms with Gasteiger partial charge in [-0.3, -0.25) is 4.99 Å². The minimum absolute atomic E-state index is 0.0673. The normalized spacial score (nSPS) is 26.2. The van der Waals surface area contributed by atoms with Gasteiger partial charge in [0.25, 0.3) is 0 Å². The van der Waals surface area contributed by atoms with Crippen molar-refractivity contribution in [1.82, 2.24) is 30.4 Å². The maximum atomic E-state index is 9.24. The fourth-order valence-corrected chi connectivity index (χ4v) is 7.09. The average molecular weight is 530 g/mol. The first-order chi connectivity index (χ1) is 18.7. The third-order valence-corrected chi connectivity index (χ3v) is 9.14. The number of aliphatic imine (C=N–C) groups is 1. The Balaban J connectivity index is 1.19. The van der Waals surface area contributed by atoms with Crippen LogP contribution in [0.25, 0.3) is 11.1 Å². The van der Waals surface area contributed by atoms with E-state index in [4.69, 9.17) is 9.73 Å². The molecule has 2 bridgehead atoms. The summed E-state index contributed by atoms with van der Waals surface area (Å²) in [6.45, 7) is 3.57. The molecule has 3 saturated heterocycles. The summed E-state index contributed by atoms with van der Waals surface area (Å²) in [4.78, 5) is 7.33. The van der Waals surface area contributed by atoms with Crippen LogP contribution in [0.2, 0.25) is 0 Å². The van der Waals surface area contributed by atoms with Gasteiger partial charge in [-0.1, -0.05) is 17.8 Å². The molecule has 196 valence electrons. The van der Waals surface area contributed by atoms with Gasteiger partial charge in [-0.2, -0.15) is 10.4 Å². The second-order valence-corrected chi connectivity index (χ2v) is 11.6. The third kappa shape index (κ3) is 4.62. The predicted molar refractivity (Wildman–Crippen MR) is 146 cm³/mol. The molecule has 0 saturated carbocycles. The smallest absolute Gasteiger partial charge is 0.208 e. The molecule has 4 aliphatic rings. The molecule has 0 aromatic carbocycles. The molecule has 0 radical (unpaired) electrons. The molecule has 3 unspecified atom stereocenters. The summed E-state index contributed by atoms with van der Waals surface area (Å²) in [5, 5.41) is 32.7. The van der Waals surface area contributed by atoms with Crippen molar-refractivity contribution in [2.24, 2.45) is 4.99 Å². The first-order valence-electron chi connectivity index (χ1n) is 13.6. The standard InChI is InChI=1S/C27H31N9OS/c28-12-17-10-21-4-5-25(36(21)30-13-17)24-11-23(32-18-6-8-37-9-7-18)22(14-29-24)26-33-34-27(38-26)35-15-19-2-1-3-20(16-35)31-19/h4-5,10,13-14,18-20,23,31-32H,1-3,6-9,11,15-16H2. The highest BCUT2D eigenvalue weighted by Crippen LogP contribution is 2.34. The van der Waals surface area contributed by atoms with E-state index in [-0.39, 0.29) is 6.04 Å². The number of nitriles is 1. The first kappa shape index (κ1) is 23.9. The number of piperidine rings is 1. The number of hydrogen-bond donors (Lipinski definition) is 2. The maximum absolute atomic E-state index is 9.24. The van der Waals surface area contributed by atoms with Crippen LogP contribution in [-0.4, -0.2) is 76.0 Å². The van der Waals surface area contributed by atoms with Crippen molar-refractivity contribution in [1.29, 1.82) is 5.26 Å². The van der Waals surface area contributed by atoms with Crippen molar-refractivity contribution in [3.63, 3.8) is 0 Å². The van der Waals surface area contributed by atoms with Gasteiger partial charge in [0.05, 0.1) is 28.7 Å². The molecule has 3 atom stereocenters. The molecule has 7 rings (SSSR count). The minimum Gasteiger partial charge on any atom is -0.381 e. The fraction of sp³-hybridized carbons (Fsp3) is 0.519. The van der Waals surface area contributed by atoms with Gasteiger partial charge in [0, 0.05) is 68.7 Å². The number of nitrogens with zero attached hydrogens (tertiary/aromatic N) is 7. The van der Waals surface area contributed by atoms with E-state index in [0.717, 1.165) is 78.2 Å². The zero-order valence-electron chi connectivity index (χ0n) is 21.2. The topological polar surface area (TPSA) is 116 Å². The molecule has 11 heteroatoms. The molecule has 38 heavy (non-hydrogen) atoms. The lowest BCUT2D eigenvalue weighted by Gasteiger charge is -2.42. The number of piperazine rings is 1. The Morgan fingerprint density at radius 3 is 2.76 bits per heavy atom. The number of nitrogens with one attached hydrogen (secondary N) is 2. The lowest BCUT2D eigenvalue weighted by atomic mass is 9.94. The van der Waals surface area contributed by atoms with E-state index in [1.807, 2.05) is 28.9 Å². The number of hydrogen-bond acceptors (Lipinski definition) is 10. The van der Waals surface area contributed by atoms with Gasteiger partial charge in [-0.05, 0) is 43.9 Å². The molecule has 2 N–H and O–H groups in total. The van der Waals surface area contributed by atoms with Crippen molar-refractivity contribution in [3.8, 4) is 6.07 Å². The molecule has 7 heterocycles. The van der Waals surface area contributed by atoms with Crippen molar-refractivity contribution in [2.45, 2.75) is 62.7 Å². The Hall–Kier alpha value is -3.17. The molecule has 3 aromatic rings. The monoisotopic (exact) mass is 529 g/mol. The van der Waals surface area contributed by atoms with Crippen LogP contribution in [0, 0.1) is 11.3 Å². The first-order valence-corrected chi connectivity index (χ1v) is 14.4. The SMILES string of the molecule is N#Cc1cnn2c(C3=NC=C(c4nnc(N5CC6CCCC(C5)N6)s4)C(NC4CCOCC4)C3)ccc2c1. The molecule has 4 aliphatic heterocycles. The predicted octanol–water partition coefficient (Wildman–Crippen LogP) is 2.76. The van der Waals surface area contributed by atoms with Crippen molar-refractivity contribution in [3.05, 3.63) is 46.9 Å². The lowest BCUT2D eigenvalue weighted by molar-refractivity contribution is 0.0767. The van der Waals surface area contributed by atoms with Crippen LogP contribution in [0.15, 0.2) is 35.6 Å². The molecule has 3 aromatic heterocycles. The van der Waals surface area contributed by atoms with Gasteiger partial charge in [0.15, 0.2) is 0 Å². The number of rotatable bonds is 5. The van der Waals surface area contributed by atoms with Crippen LogP contribution in [0.5, 0.6) is 0 Å². The summed E-state index contributed by atoms with van der Waals surface area (Å²) in [6, 6.07) is 9.60. The minimum atomic E-state index is 0.0673. The summed E-state index contributed by atoms with van der Waals surface area (Å²) in [5.41, 5.74) is 4.45. The molecular formula is C27H31N9OS. The van der Waals surface area contributed by atoms with Gasteiger partial charge >= 0.3 is 0 Å². The van der Waals surface area contributed by atoms with Crippen molar-refractivity contribution in [2.75, 3.05) is 31.2 Å². The van der Waals surface area contributed by atoms with E-state index < -0.39 is 0 Å². The summed E-state index contributed by atoms with van der Waals surface area (Å²) in [5.74, 6) is 0. The zero-order valence-corrected chi connectivity index (χ0v) is 22.0. The van der Waals surface area contributed by atoms with Gasteiger partial charge < -0.3 is 20.3 Å². The highest BCUT2D eigenvalue weighted by molar-refractivity contribution is 7.16. The van der Waals surface area contributed by atoms with Crippen LogP contribution in [-0.2, 0) is 4.74 Å². The Morgan fingerprint density at radius 1 is 1.11 bits per heavy atom. The van der Waals surface area contributed by atoms with E-state index in [1.165, 1.54) is 19.3 Å². The van der Waals surface area contributed by atoms with Crippen molar-refractivity contribution >= 4 is 33.3 Å². The Labute approximate surface area is 225 Å². The number of anilines is 1. The third-order valence-electron chi connectivity index (χ3n) is 8.11. The molecule has 0 amide bonds. The van der Waals surface area contributed by atoms with Crippen LogP contribution in [0.3, 0.4) is 0 Å². The number of ether oxygens (including phenoxy) is 1. The fourth-order valence-electron chi connectivity index (χ4n) is 6.17. The molecule has 0 spiro atoms. The zero-order chi connectivity index (χ0) is 25.5. The maximum Gasteiger partial charge on any atom is 0.208 e. The lowest BCUT2D eigenvalue weighted by Crippen LogP contribution is -2.58. The average Bonchev–Trinajstić information content (AvgIpc) is 3.61. The Morgan fingerprint density at radius 2 is 1.95 bits per heavy atom.